The average molecular weight is 412 g/mol. The molecule has 0 heterocycles. The lowest BCUT2D eigenvalue weighted by Gasteiger charge is -2.06. The van der Waals surface area contributed by atoms with Crippen LogP contribution in [0.25, 0.3) is 0 Å². The van der Waals surface area contributed by atoms with Crippen molar-refractivity contribution in [3.8, 4) is 0 Å². The van der Waals surface area contributed by atoms with Gasteiger partial charge in [0.05, 0.1) is 0 Å². The third-order valence-corrected chi connectivity index (χ3v) is 5.07. The molecule has 6 heteroatoms. The quantitative estimate of drug-likeness (QED) is 0.215. The van der Waals surface area contributed by atoms with E-state index in [1.54, 1.807) is 0 Å². The molecule has 0 bridgehead atoms. The summed E-state index contributed by atoms with van der Waals surface area (Å²) in [4.78, 5) is 32.0. The lowest BCUT2D eigenvalue weighted by molar-refractivity contribution is -0.137. The number of nitrogens with one attached hydrogen (secondary N) is 2. The molecule has 0 saturated heterocycles. The SMILES string of the molecule is O=[C]CCNCCC(=O)NCCCCCCCCCCCCCCCCC(=O)O. The van der Waals surface area contributed by atoms with Crippen molar-refractivity contribution >= 4 is 18.2 Å². The number of hydrogen-bond acceptors (Lipinski definition) is 4. The normalized spacial score (nSPS) is 10.8. The van der Waals surface area contributed by atoms with Gasteiger partial charge < -0.3 is 15.7 Å². The highest BCUT2D eigenvalue weighted by atomic mass is 16.4. The second kappa shape index (κ2) is 22.9. The first-order valence-corrected chi connectivity index (χ1v) is 11.7. The highest BCUT2D eigenvalue weighted by molar-refractivity contribution is 5.76. The van der Waals surface area contributed by atoms with E-state index >= 15 is 0 Å². The summed E-state index contributed by atoms with van der Waals surface area (Å²) in [6.45, 7) is 1.96. The monoisotopic (exact) mass is 411 g/mol. The van der Waals surface area contributed by atoms with Crippen molar-refractivity contribution in [3.63, 3.8) is 0 Å². The van der Waals surface area contributed by atoms with Gasteiger partial charge in [-0.05, 0) is 12.8 Å². The summed E-state index contributed by atoms with van der Waals surface area (Å²) in [5.74, 6) is -0.601. The molecule has 0 aliphatic rings. The highest BCUT2D eigenvalue weighted by Gasteiger charge is 2.00. The van der Waals surface area contributed by atoms with Crippen LogP contribution in [0.4, 0.5) is 0 Å². The van der Waals surface area contributed by atoms with E-state index < -0.39 is 5.97 Å². The van der Waals surface area contributed by atoms with Crippen molar-refractivity contribution < 1.29 is 19.5 Å². The molecule has 1 amide bonds. The maximum absolute atomic E-state index is 11.6. The minimum absolute atomic E-state index is 0.0767. The fourth-order valence-corrected chi connectivity index (χ4v) is 3.31. The van der Waals surface area contributed by atoms with Gasteiger partial charge in [0, 0.05) is 38.9 Å². The minimum Gasteiger partial charge on any atom is -0.481 e. The van der Waals surface area contributed by atoms with E-state index in [9.17, 15) is 14.4 Å². The Bertz CT molecular complexity index is 402. The molecule has 6 nitrogen and oxygen atoms in total. The van der Waals surface area contributed by atoms with Gasteiger partial charge in [0.15, 0.2) is 6.29 Å². The summed E-state index contributed by atoms with van der Waals surface area (Å²) < 4.78 is 0. The number of carboxylic acids is 1. The molecule has 0 rings (SSSR count). The van der Waals surface area contributed by atoms with Gasteiger partial charge in [-0.1, -0.05) is 77.0 Å². The second-order valence-electron chi connectivity index (χ2n) is 7.84. The van der Waals surface area contributed by atoms with Crippen LogP contribution in [0.1, 0.15) is 109 Å². The minimum atomic E-state index is -0.677. The first kappa shape index (κ1) is 27.6. The predicted octanol–water partition coefficient (Wildman–Crippen LogP) is 4.52. The molecule has 0 unspecified atom stereocenters. The van der Waals surface area contributed by atoms with Crippen LogP contribution in [0.3, 0.4) is 0 Å². The van der Waals surface area contributed by atoms with Crippen LogP contribution in [-0.4, -0.2) is 42.9 Å². The predicted molar refractivity (Wildman–Crippen MR) is 118 cm³/mol. The van der Waals surface area contributed by atoms with Gasteiger partial charge in [-0.3, -0.25) is 14.4 Å². The number of unbranched alkanes of at least 4 members (excludes halogenated alkanes) is 13. The maximum Gasteiger partial charge on any atom is 0.303 e. The van der Waals surface area contributed by atoms with Gasteiger partial charge in [0.25, 0.3) is 0 Å². The number of rotatable bonds is 23. The number of amides is 1. The van der Waals surface area contributed by atoms with E-state index in [2.05, 4.69) is 10.6 Å². The molecule has 0 spiro atoms. The molecule has 0 fully saturated rings. The Morgan fingerprint density at radius 3 is 1.59 bits per heavy atom. The number of carbonyl (C=O) groups excluding carboxylic acids is 2. The van der Waals surface area contributed by atoms with Crippen molar-refractivity contribution in [2.24, 2.45) is 0 Å². The summed E-state index contributed by atoms with van der Waals surface area (Å²) in [7, 11) is 0. The molecule has 0 aromatic heterocycles. The van der Waals surface area contributed by atoms with Crippen LogP contribution < -0.4 is 10.6 Å². The molecule has 0 aromatic rings. The molecule has 0 aliphatic carbocycles. The van der Waals surface area contributed by atoms with Gasteiger partial charge in [-0.2, -0.15) is 0 Å². The fraction of sp³-hybridized carbons (Fsp3) is 0.870. The highest BCUT2D eigenvalue weighted by Crippen LogP contribution is 2.13. The van der Waals surface area contributed by atoms with Crippen molar-refractivity contribution in [3.05, 3.63) is 0 Å². The van der Waals surface area contributed by atoms with E-state index in [4.69, 9.17) is 5.11 Å². The van der Waals surface area contributed by atoms with Crippen molar-refractivity contribution in [2.45, 2.75) is 109 Å². The number of carbonyl (C=O) groups is 2. The van der Waals surface area contributed by atoms with E-state index in [-0.39, 0.29) is 5.91 Å². The number of hydrogen-bond donors (Lipinski definition) is 3. The van der Waals surface area contributed by atoms with Gasteiger partial charge in [-0.25, -0.2) is 0 Å². The zero-order valence-corrected chi connectivity index (χ0v) is 18.3. The lowest BCUT2D eigenvalue weighted by atomic mass is 10.0. The van der Waals surface area contributed by atoms with Crippen LogP contribution in [0, 0.1) is 0 Å². The Hall–Kier alpha value is -1.43. The van der Waals surface area contributed by atoms with Crippen LogP contribution in [0.5, 0.6) is 0 Å². The first-order chi connectivity index (χ1) is 14.2. The van der Waals surface area contributed by atoms with Gasteiger partial charge >= 0.3 is 5.97 Å². The lowest BCUT2D eigenvalue weighted by Crippen LogP contribution is -2.28. The van der Waals surface area contributed by atoms with Gasteiger partial charge in [0.1, 0.15) is 0 Å². The zero-order chi connectivity index (χ0) is 21.4. The first-order valence-electron chi connectivity index (χ1n) is 11.7. The summed E-state index contributed by atoms with van der Waals surface area (Å²) in [6, 6.07) is 0. The average Bonchev–Trinajstić information content (AvgIpc) is 2.70. The third kappa shape index (κ3) is 24.5. The molecule has 0 atom stereocenters. The van der Waals surface area contributed by atoms with E-state index in [0.29, 0.717) is 32.4 Å². The Kier molecular flexibility index (Phi) is 21.7. The molecule has 1 radical (unpaired) electrons. The standard InChI is InChI=1S/C23H43N2O4/c26-21-15-18-24-20-17-22(27)25-19-14-12-10-8-6-4-2-1-3-5-7-9-11-13-16-23(28)29/h24H,1-20H2,(H,25,27)(H,28,29). The largest absolute Gasteiger partial charge is 0.481 e. The van der Waals surface area contributed by atoms with E-state index in [0.717, 1.165) is 25.8 Å². The summed E-state index contributed by atoms with van der Waals surface area (Å²) in [5.41, 5.74) is 0. The smallest absolute Gasteiger partial charge is 0.303 e. The third-order valence-electron chi connectivity index (χ3n) is 5.07. The van der Waals surface area contributed by atoms with Crippen LogP contribution in [-0.2, 0) is 14.4 Å². The molecule has 169 valence electrons. The molecule has 3 N–H and O–H groups in total. The Morgan fingerprint density at radius 1 is 0.621 bits per heavy atom. The molecule has 29 heavy (non-hydrogen) atoms. The molecule has 0 saturated carbocycles. The zero-order valence-electron chi connectivity index (χ0n) is 18.3. The fourth-order valence-electron chi connectivity index (χ4n) is 3.31. The Morgan fingerprint density at radius 2 is 1.10 bits per heavy atom. The number of carboxylic acid groups (broad SMARTS) is 1. The van der Waals surface area contributed by atoms with Crippen LogP contribution in [0.15, 0.2) is 0 Å². The molecule has 0 aliphatic heterocycles. The topological polar surface area (TPSA) is 95.5 Å². The van der Waals surface area contributed by atoms with Gasteiger partial charge in [0.2, 0.25) is 5.91 Å². The summed E-state index contributed by atoms with van der Waals surface area (Å²) >= 11 is 0. The number of aliphatic carboxylic acids is 1. The second-order valence-corrected chi connectivity index (χ2v) is 7.84. The molecule has 0 aromatic carbocycles. The Balaban J connectivity index is 3.12. The van der Waals surface area contributed by atoms with E-state index in [1.165, 1.54) is 70.6 Å². The Labute approximate surface area is 177 Å². The van der Waals surface area contributed by atoms with Crippen molar-refractivity contribution in [1.82, 2.24) is 10.6 Å². The maximum atomic E-state index is 11.6. The van der Waals surface area contributed by atoms with Crippen molar-refractivity contribution in [2.75, 3.05) is 19.6 Å². The summed E-state index contributed by atoms with van der Waals surface area (Å²) in [5, 5.41) is 14.5. The molecular formula is C23H43N2O4. The van der Waals surface area contributed by atoms with Gasteiger partial charge in [-0.15, -0.1) is 0 Å². The molecular weight excluding hydrogens is 368 g/mol. The summed E-state index contributed by atoms with van der Waals surface area (Å²) in [6.07, 6.45) is 19.9. The van der Waals surface area contributed by atoms with Crippen LogP contribution in [0.2, 0.25) is 0 Å². The van der Waals surface area contributed by atoms with Crippen molar-refractivity contribution in [1.29, 1.82) is 0 Å². The van der Waals surface area contributed by atoms with Crippen LogP contribution >= 0.6 is 0 Å². The van der Waals surface area contributed by atoms with E-state index in [1.807, 2.05) is 6.29 Å².